The molecular weight excluding hydrogens is 680 g/mol. The van der Waals surface area contributed by atoms with E-state index in [1.807, 2.05) is 32.1 Å². The number of nitrogens with one attached hydrogen (secondary N) is 1. The summed E-state index contributed by atoms with van der Waals surface area (Å²) in [6.07, 6.45) is 4.56. The number of aliphatic imine (C=N–C) groups is 1. The van der Waals surface area contributed by atoms with Crippen LogP contribution in [0, 0.1) is 23.2 Å². The Morgan fingerprint density at radius 2 is 1.87 bits per heavy atom. The molecular formula is C41H58N2O10. The Labute approximate surface area is 313 Å². The van der Waals surface area contributed by atoms with Crippen LogP contribution in [0.15, 0.2) is 51.6 Å². The molecule has 2 N–H and O–H groups in total. The van der Waals surface area contributed by atoms with Crippen LogP contribution < -0.4 is 0 Å². The number of aromatic amines is 1. The fourth-order valence-corrected chi connectivity index (χ4v) is 7.46. The summed E-state index contributed by atoms with van der Waals surface area (Å²) < 4.78 is 35.7. The third-order valence-electron chi connectivity index (χ3n) is 10.6. The molecule has 2 saturated heterocycles. The van der Waals surface area contributed by atoms with Gasteiger partial charge in [0.15, 0.2) is 18.3 Å². The number of methoxy groups -OCH3 is 1. The first-order chi connectivity index (χ1) is 25.2. The Morgan fingerprint density at radius 1 is 1.11 bits per heavy atom. The maximum absolute atomic E-state index is 13.8. The number of hydrogen-bond acceptors (Lipinski definition) is 11. The van der Waals surface area contributed by atoms with Crippen LogP contribution in [0.5, 0.6) is 0 Å². The number of nitrogens with zero attached hydrogens (tertiary/aromatic N) is 1. The first kappa shape index (κ1) is 40.4. The van der Waals surface area contributed by atoms with E-state index in [1.54, 1.807) is 14.0 Å². The minimum absolute atomic E-state index is 0.0741. The Bertz CT molecular complexity index is 1620. The smallest absolute Gasteiger partial charge is 0.318 e. The summed E-state index contributed by atoms with van der Waals surface area (Å²) >= 11 is 0. The van der Waals surface area contributed by atoms with Gasteiger partial charge in [0.05, 0.1) is 31.7 Å². The van der Waals surface area contributed by atoms with Gasteiger partial charge in [-0.1, -0.05) is 39.3 Å². The average Bonchev–Trinajstić information content (AvgIpc) is 3.89. The number of carbonyl (C=O) groups excluding carboxylic acids is 3. The molecule has 4 aliphatic rings. The summed E-state index contributed by atoms with van der Waals surface area (Å²) in [5, 5.41) is 10.3. The Kier molecular flexibility index (Phi) is 13.4. The van der Waals surface area contributed by atoms with Crippen molar-refractivity contribution in [3.05, 3.63) is 58.0 Å². The summed E-state index contributed by atoms with van der Waals surface area (Å²) in [5.41, 5.74) is 4.26. The van der Waals surface area contributed by atoms with E-state index in [0.29, 0.717) is 49.1 Å². The number of cyclic esters (lactones) is 1. The van der Waals surface area contributed by atoms with E-state index in [1.165, 1.54) is 18.1 Å². The van der Waals surface area contributed by atoms with Gasteiger partial charge in [0, 0.05) is 25.8 Å². The van der Waals surface area contributed by atoms with Gasteiger partial charge in [-0.2, -0.15) is 0 Å². The van der Waals surface area contributed by atoms with Crippen molar-refractivity contribution in [2.75, 3.05) is 33.5 Å². The quantitative estimate of drug-likeness (QED) is 0.135. The second kappa shape index (κ2) is 17.6. The molecule has 1 aromatic heterocycles. The lowest BCUT2D eigenvalue weighted by atomic mass is 9.83. The molecule has 5 heterocycles. The molecule has 1 aromatic rings. The monoisotopic (exact) mass is 738 g/mol. The van der Waals surface area contributed by atoms with Gasteiger partial charge in [-0.05, 0) is 93.2 Å². The summed E-state index contributed by atoms with van der Waals surface area (Å²) in [7, 11) is 1.71. The van der Waals surface area contributed by atoms with E-state index in [-0.39, 0.29) is 25.0 Å². The van der Waals surface area contributed by atoms with Gasteiger partial charge in [0.2, 0.25) is 5.90 Å². The molecule has 0 radical (unpaired) electrons. The lowest BCUT2D eigenvalue weighted by molar-refractivity contribution is -0.164. The fourth-order valence-electron chi connectivity index (χ4n) is 7.46. The first-order valence-electron chi connectivity index (χ1n) is 19.0. The van der Waals surface area contributed by atoms with E-state index in [2.05, 4.69) is 31.8 Å². The molecule has 5 rings (SSSR count). The number of aliphatic hydroxyl groups excluding tert-OH is 1. The van der Waals surface area contributed by atoms with E-state index in [4.69, 9.17) is 33.4 Å². The minimum atomic E-state index is -1.46. The molecule has 4 aliphatic heterocycles. The molecule has 4 bridgehead atoms. The Balaban J connectivity index is 1.52. The SMILES string of the molecule is COCCC/C(C)=C1\COC(CC(C)C)\C1=C/C1N=C2OC1COC(=O)[C@@H](CC(C)C)CC(=O)OC1C(OC(=O)C1(C)CO)/C(C)=C\Cc1ccc2[nH]1. The van der Waals surface area contributed by atoms with Crippen molar-refractivity contribution in [3.63, 3.8) is 0 Å². The molecule has 12 heteroatoms. The first-order valence-corrected chi connectivity index (χ1v) is 19.0. The molecule has 292 valence electrons. The topological polar surface area (TPSA) is 155 Å². The minimum Gasteiger partial charge on any atom is -0.467 e. The van der Waals surface area contributed by atoms with Gasteiger partial charge in [-0.15, -0.1) is 0 Å². The van der Waals surface area contributed by atoms with Crippen molar-refractivity contribution < 1.29 is 47.9 Å². The molecule has 0 spiro atoms. The predicted molar refractivity (Wildman–Crippen MR) is 198 cm³/mol. The van der Waals surface area contributed by atoms with Crippen LogP contribution in [-0.4, -0.2) is 97.9 Å². The number of fused-ring (bicyclic) bond motifs is 6. The summed E-state index contributed by atoms with van der Waals surface area (Å²) in [6.45, 7) is 14.3. The number of allylic oxidation sites excluding steroid dienone is 2. The van der Waals surface area contributed by atoms with Crippen LogP contribution in [0.4, 0.5) is 0 Å². The van der Waals surface area contributed by atoms with Gasteiger partial charge in [0.25, 0.3) is 0 Å². The number of esters is 3. The Morgan fingerprint density at radius 3 is 2.57 bits per heavy atom. The maximum atomic E-state index is 13.8. The van der Waals surface area contributed by atoms with E-state index < -0.39 is 60.2 Å². The maximum Gasteiger partial charge on any atom is 0.318 e. The highest BCUT2D eigenvalue weighted by Gasteiger charge is 2.57. The highest BCUT2D eigenvalue weighted by Crippen LogP contribution is 2.40. The van der Waals surface area contributed by atoms with Gasteiger partial charge < -0.3 is 38.5 Å². The number of H-pyrrole nitrogens is 1. The van der Waals surface area contributed by atoms with Crippen molar-refractivity contribution in [2.45, 2.75) is 117 Å². The van der Waals surface area contributed by atoms with Crippen molar-refractivity contribution in [2.24, 2.45) is 28.2 Å². The highest BCUT2D eigenvalue weighted by molar-refractivity contribution is 5.94. The molecule has 53 heavy (non-hydrogen) atoms. The number of hydrogen-bond donors (Lipinski definition) is 2. The normalized spacial score (nSPS) is 32.4. The van der Waals surface area contributed by atoms with Crippen molar-refractivity contribution in [3.8, 4) is 0 Å². The average molecular weight is 739 g/mol. The summed E-state index contributed by atoms with van der Waals surface area (Å²) in [4.78, 5) is 48.7. The number of ether oxygens (including phenoxy) is 6. The van der Waals surface area contributed by atoms with Crippen LogP contribution in [0.1, 0.15) is 92.0 Å². The molecule has 7 atom stereocenters. The van der Waals surface area contributed by atoms with Crippen LogP contribution in [0.2, 0.25) is 0 Å². The van der Waals surface area contributed by atoms with Crippen LogP contribution in [0.25, 0.3) is 0 Å². The second-order valence-electron chi connectivity index (χ2n) is 16.0. The lowest BCUT2D eigenvalue weighted by Gasteiger charge is -2.28. The van der Waals surface area contributed by atoms with E-state index in [9.17, 15) is 19.5 Å². The summed E-state index contributed by atoms with van der Waals surface area (Å²) in [5.74, 6) is -1.78. The number of carbonyl (C=O) groups is 3. The largest absolute Gasteiger partial charge is 0.467 e. The molecule has 0 aliphatic carbocycles. The van der Waals surface area contributed by atoms with Crippen LogP contribution in [0.3, 0.4) is 0 Å². The zero-order valence-corrected chi connectivity index (χ0v) is 32.6. The van der Waals surface area contributed by atoms with Crippen molar-refractivity contribution >= 4 is 23.8 Å². The van der Waals surface area contributed by atoms with Gasteiger partial charge in [-0.3, -0.25) is 14.4 Å². The zero-order chi connectivity index (χ0) is 38.4. The number of aromatic nitrogens is 1. The van der Waals surface area contributed by atoms with Crippen molar-refractivity contribution in [1.82, 2.24) is 4.98 Å². The Hall–Kier alpha value is -3.74. The highest BCUT2D eigenvalue weighted by atomic mass is 16.6. The third kappa shape index (κ3) is 9.50. The third-order valence-corrected chi connectivity index (χ3v) is 10.6. The van der Waals surface area contributed by atoms with Gasteiger partial charge in [0.1, 0.15) is 23.8 Å². The molecule has 0 amide bonds. The molecule has 2 fully saturated rings. The molecule has 6 unspecified atom stereocenters. The van der Waals surface area contributed by atoms with Crippen LogP contribution in [-0.2, 0) is 49.2 Å². The lowest BCUT2D eigenvalue weighted by Crippen LogP contribution is -2.43. The fraction of sp³-hybridized carbons (Fsp3) is 0.659. The number of aliphatic hydroxyl groups is 1. The predicted octanol–water partition coefficient (Wildman–Crippen LogP) is 5.58. The van der Waals surface area contributed by atoms with Crippen LogP contribution >= 0.6 is 0 Å². The zero-order valence-electron chi connectivity index (χ0n) is 32.6. The van der Waals surface area contributed by atoms with Gasteiger partial charge in [-0.25, -0.2) is 4.99 Å². The van der Waals surface area contributed by atoms with E-state index >= 15 is 0 Å². The number of rotatable bonds is 10. The second-order valence-corrected chi connectivity index (χ2v) is 16.0. The standard InChI is InChI=1S/C41H58N2O10/c1-23(2)16-27-18-35(45)52-37-36(53-40(47)41(37,7)22-44)26(6)11-12-28-13-14-31(42-28)38-43-32(34(51-38)21-50-39(27)46)19-29-30(25(5)10-9-15-48-8)20-49-33(29)17-24(3)4/h11,13-14,19,23-24,27,32-34,36-37,42,44H,9-10,12,15-18,20-22H2,1-8H3/b26-11-,29-19-,30-25+/t27-,32?,33?,34?,36?,37?,41?/m0/s1. The molecule has 12 nitrogen and oxygen atoms in total. The van der Waals surface area contributed by atoms with Gasteiger partial charge >= 0.3 is 17.9 Å². The van der Waals surface area contributed by atoms with E-state index in [0.717, 1.165) is 30.5 Å². The molecule has 0 saturated carbocycles. The molecule has 0 aromatic carbocycles. The van der Waals surface area contributed by atoms with Crippen molar-refractivity contribution in [1.29, 1.82) is 0 Å². The summed E-state index contributed by atoms with van der Waals surface area (Å²) in [6, 6.07) is 3.36.